The fraction of sp³-hybridized carbons (Fsp3) is 0.150. The van der Waals surface area contributed by atoms with Crippen LogP contribution in [0.3, 0.4) is 0 Å². The normalized spacial score (nSPS) is 14.9. The molecule has 0 aliphatic carbocycles. The van der Waals surface area contributed by atoms with Gasteiger partial charge in [-0.15, -0.1) is 0 Å². The lowest BCUT2D eigenvalue weighted by Crippen LogP contribution is -2.17. The van der Waals surface area contributed by atoms with Crippen LogP contribution in [0.1, 0.15) is 18.1 Å². The summed E-state index contributed by atoms with van der Waals surface area (Å²) in [5.74, 6) is -0.170. The molecule has 1 fully saturated rings. The first-order valence-electron chi connectivity index (χ1n) is 8.41. The number of carbonyl (C=O) groups excluding carboxylic acids is 3. The Morgan fingerprint density at radius 2 is 2.00 bits per heavy atom. The van der Waals surface area contributed by atoms with E-state index in [1.54, 1.807) is 24.3 Å². The Morgan fingerprint density at radius 1 is 1.18 bits per heavy atom. The van der Waals surface area contributed by atoms with Crippen molar-refractivity contribution in [3.63, 3.8) is 0 Å². The molecule has 6 nitrogen and oxygen atoms in total. The fourth-order valence-corrected chi connectivity index (χ4v) is 3.64. The number of hydrogen-bond donors (Lipinski definition) is 1. The van der Waals surface area contributed by atoms with Crippen LogP contribution in [-0.2, 0) is 16.0 Å². The standard InChI is InChI=1S/C20H16BrNO5S/c1-2-26-16-9-13(10-17-19(24)22-20(25)28-17)6-7-15(16)27-18(23)11-12-4-3-5-14(21)8-12/h3-10H,2,11H2,1H3,(H,22,24,25). The Labute approximate surface area is 174 Å². The average molecular weight is 462 g/mol. The zero-order valence-corrected chi connectivity index (χ0v) is 17.3. The minimum absolute atomic E-state index is 0.121. The number of thioether (sulfide) groups is 1. The number of nitrogens with one attached hydrogen (secondary N) is 1. The van der Waals surface area contributed by atoms with Crippen molar-refractivity contribution in [3.05, 3.63) is 63.0 Å². The molecule has 144 valence electrons. The highest BCUT2D eigenvalue weighted by Crippen LogP contribution is 2.32. The van der Waals surface area contributed by atoms with E-state index >= 15 is 0 Å². The Bertz CT molecular complexity index is 973. The number of ether oxygens (including phenoxy) is 2. The largest absolute Gasteiger partial charge is 0.490 e. The zero-order valence-electron chi connectivity index (χ0n) is 14.9. The van der Waals surface area contributed by atoms with Crippen molar-refractivity contribution in [1.82, 2.24) is 5.32 Å². The van der Waals surface area contributed by atoms with Crippen LogP contribution in [-0.4, -0.2) is 23.7 Å². The number of hydrogen-bond acceptors (Lipinski definition) is 6. The van der Waals surface area contributed by atoms with Crippen molar-refractivity contribution in [2.45, 2.75) is 13.3 Å². The van der Waals surface area contributed by atoms with Crippen molar-refractivity contribution in [1.29, 1.82) is 0 Å². The molecular formula is C20H16BrNO5S. The average Bonchev–Trinajstić information content (AvgIpc) is 2.94. The van der Waals surface area contributed by atoms with Gasteiger partial charge in [-0.3, -0.25) is 19.7 Å². The molecule has 0 bridgehead atoms. The van der Waals surface area contributed by atoms with Crippen LogP contribution in [0, 0.1) is 0 Å². The van der Waals surface area contributed by atoms with Crippen molar-refractivity contribution in [2.75, 3.05) is 6.61 Å². The predicted octanol–water partition coefficient (Wildman–Crippen LogP) is 4.32. The van der Waals surface area contributed by atoms with E-state index in [1.807, 2.05) is 31.2 Å². The van der Waals surface area contributed by atoms with Gasteiger partial charge >= 0.3 is 5.97 Å². The summed E-state index contributed by atoms with van der Waals surface area (Å²) >= 11 is 4.21. The summed E-state index contributed by atoms with van der Waals surface area (Å²) < 4.78 is 11.9. The second kappa shape index (κ2) is 9.07. The van der Waals surface area contributed by atoms with Gasteiger partial charge in [0.2, 0.25) is 0 Å². The molecule has 1 aliphatic heterocycles. The lowest BCUT2D eigenvalue weighted by Gasteiger charge is -2.12. The molecule has 3 rings (SSSR count). The van der Waals surface area contributed by atoms with E-state index in [2.05, 4.69) is 21.2 Å². The summed E-state index contributed by atoms with van der Waals surface area (Å²) in [4.78, 5) is 35.6. The molecule has 1 aliphatic rings. The maximum atomic E-state index is 12.3. The molecule has 0 aromatic heterocycles. The Kier molecular flexibility index (Phi) is 6.53. The van der Waals surface area contributed by atoms with Gasteiger partial charge in [0.25, 0.3) is 11.1 Å². The molecule has 2 aromatic carbocycles. The highest BCUT2D eigenvalue weighted by atomic mass is 79.9. The summed E-state index contributed by atoms with van der Waals surface area (Å²) in [5, 5.41) is 1.80. The van der Waals surface area contributed by atoms with Gasteiger partial charge in [-0.25, -0.2) is 0 Å². The van der Waals surface area contributed by atoms with Crippen LogP contribution in [0.5, 0.6) is 11.5 Å². The van der Waals surface area contributed by atoms with Crippen LogP contribution in [0.4, 0.5) is 4.79 Å². The summed E-state index contributed by atoms with van der Waals surface area (Å²) in [5.41, 5.74) is 1.48. The number of benzene rings is 2. The molecule has 2 amide bonds. The van der Waals surface area contributed by atoms with Gasteiger partial charge in [-0.05, 0) is 60.2 Å². The molecule has 28 heavy (non-hydrogen) atoms. The Balaban J connectivity index is 1.77. The van der Waals surface area contributed by atoms with E-state index in [-0.39, 0.29) is 6.42 Å². The Hall–Kier alpha value is -2.58. The predicted molar refractivity (Wildman–Crippen MR) is 110 cm³/mol. The molecule has 0 radical (unpaired) electrons. The number of esters is 1. The summed E-state index contributed by atoms with van der Waals surface area (Å²) in [7, 11) is 0. The molecule has 0 atom stereocenters. The summed E-state index contributed by atoms with van der Waals surface area (Å²) in [6, 6.07) is 12.4. The molecule has 1 saturated heterocycles. The van der Waals surface area contributed by atoms with Gasteiger partial charge in [-0.1, -0.05) is 34.1 Å². The van der Waals surface area contributed by atoms with Crippen LogP contribution < -0.4 is 14.8 Å². The number of rotatable bonds is 6. The van der Waals surface area contributed by atoms with E-state index in [4.69, 9.17) is 9.47 Å². The van der Waals surface area contributed by atoms with E-state index < -0.39 is 17.1 Å². The van der Waals surface area contributed by atoms with Crippen LogP contribution in [0.25, 0.3) is 6.08 Å². The maximum Gasteiger partial charge on any atom is 0.315 e. The number of amides is 2. The summed E-state index contributed by atoms with van der Waals surface area (Å²) in [6.07, 6.45) is 1.70. The topological polar surface area (TPSA) is 81.7 Å². The third kappa shape index (κ3) is 5.24. The third-order valence-electron chi connectivity index (χ3n) is 3.67. The van der Waals surface area contributed by atoms with Gasteiger partial charge in [0, 0.05) is 4.47 Å². The highest BCUT2D eigenvalue weighted by molar-refractivity contribution is 9.10. The lowest BCUT2D eigenvalue weighted by atomic mass is 10.1. The smallest absolute Gasteiger partial charge is 0.315 e. The van der Waals surface area contributed by atoms with Gasteiger partial charge in [0.15, 0.2) is 11.5 Å². The molecule has 0 saturated carbocycles. The van der Waals surface area contributed by atoms with E-state index in [0.29, 0.717) is 28.6 Å². The Morgan fingerprint density at radius 3 is 2.68 bits per heavy atom. The monoisotopic (exact) mass is 461 g/mol. The summed E-state index contributed by atoms with van der Waals surface area (Å²) in [6.45, 7) is 2.20. The van der Waals surface area contributed by atoms with E-state index in [9.17, 15) is 14.4 Å². The zero-order chi connectivity index (χ0) is 20.1. The van der Waals surface area contributed by atoms with Crippen molar-refractivity contribution < 1.29 is 23.9 Å². The van der Waals surface area contributed by atoms with Crippen LogP contribution >= 0.6 is 27.7 Å². The number of halogens is 1. The van der Waals surface area contributed by atoms with Crippen molar-refractivity contribution >= 4 is 50.9 Å². The maximum absolute atomic E-state index is 12.3. The van der Waals surface area contributed by atoms with E-state index in [1.165, 1.54) is 0 Å². The van der Waals surface area contributed by atoms with Gasteiger partial charge in [-0.2, -0.15) is 0 Å². The minimum Gasteiger partial charge on any atom is -0.490 e. The molecular weight excluding hydrogens is 446 g/mol. The quantitative estimate of drug-likeness (QED) is 0.391. The SMILES string of the molecule is CCOc1cc(C=C2SC(=O)NC2=O)ccc1OC(=O)Cc1cccc(Br)c1. The van der Waals surface area contributed by atoms with Gasteiger partial charge < -0.3 is 9.47 Å². The van der Waals surface area contributed by atoms with Gasteiger partial charge in [0.1, 0.15) is 0 Å². The number of carbonyl (C=O) groups is 3. The third-order valence-corrected chi connectivity index (χ3v) is 4.97. The molecule has 1 heterocycles. The minimum atomic E-state index is -0.433. The van der Waals surface area contributed by atoms with E-state index in [0.717, 1.165) is 21.8 Å². The lowest BCUT2D eigenvalue weighted by molar-refractivity contribution is -0.133. The first-order valence-corrected chi connectivity index (χ1v) is 10.0. The highest BCUT2D eigenvalue weighted by Gasteiger charge is 2.25. The molecule has 8 heteroatoms. The van der Waals surface area contributed by atoms with Crippen LogP contribution in [0.2, 0.25) is 0 Å². The first-order chi connectivity index (χ1) is 13.4. The van der Waals surface area contributed by atoms with Crippen LogP contribution in [0.15, 0.2) is 51.8 Å². The molecule has 0 spiro atoms. The second-order valence-electron chi connectivity index (χ2n) is 5.77. The first kappa shape index (κ1) is 20.2. The van der Waals surface area contributed by atoms with Crippen molar-refractivity contribution in [3.8, 4) is 11.5 Å². The second-order valence-corrected chi connectivity index (χ2v) is 7.70. The molecule has 0 unspecified atom stereocenters. The van der Waals surface area contributed by atoms with Crippen molar-refractivity contribution in [2.24, 2.45) is 0 Å². The molecule has 2 aromatic rings. The number of imide groups is 1. The fourth-order valence-electron chi connectivity index (χ4n) is 2.51. The van der Waals surface area contributed by atoms with Gasteiger partial charge in [0.05, 0.1) is 17.9 Å². The molecule has 1 N–H and O–H groups in total.